The molecule has 1 saturated heterocycles. The molecule has 0 aromatic heterocycles. The maximum Gasteiger partial charge on any atom is 0.165 e. The number of anilines is 1. The average molecular weight is 587 g/mol. The van der Waals surface area contributed by atoms with Gasteiger partial charge in [-0.1, -0.05) is 61.9 Å². The molecule has 4 rings (SSSR count). The molecule has 1 heterocycles. The summed E-state index contributed by atoms with van der Waals surface area (Å²) in [4.78, 5) is 12.2. The number of nitrogens with one attached hydrogen (secondary N) is 2. The summed E-state index contributed by atoms with van der Waals surface area (Å²) in [7, 11) is 2.70. The summed E-state index contributed by atoms with van der Waals surface area (Å²) in [5.74, 6) is 1.26. The van der Waals surface area contributed by atoms with E-state index in [0.29, 0.717) is 28.6 Å². The predicted octanol–water partition coefficient (Wildman–Crippen LogP) is 5.01. The van der Waals surface area contributed by atoms with Gasteiger partial charge in [0.2, 0.25) is 0 Å². The van der Waals surface area contributed by atoms with Crippen LogP contribution in [0.5, 0.6) is 11.5 Å². The lowest BCUT2D eigenvalue weighted by Crippen LogP contribution is -2.47. The first kappa shape index (κ1) is 34.2. The summed E-state index contributed by atoms with van der Waals surface area (Å²) < 4.78 is 19.7. The van der Waals surface area contributed by atoms with Gasteiger partial charge in [0.25, 0.3) is 0 Å². The van der Waals surface area contributed by atoms with Crippen molar-refractivity contribution < 1.29 is 34.3 Å². The van der Waals surface area contributed by atoms with Crippen LogP contribution in [0.4, 0.5) is 5.69 Å². The summed E-state index contributed by atoms with van der Waals surface area (Å²) in [6.07, 6.45) is 0.916. The third-order valence-electron chi connectivity index (χ3n) is 5.79. The van der Waals surface area contributed by atoms with E-state index in [4.69, 9.17) is 19.3 Å². The number of aliphatic hydroxyl groups excluding tert-OH is 3. The van der Waals surface area contributed by atoms with Crippen molar-refractivity contribution in [3.05, 3.63) is 83.9 Å². The highest BCUT2D eigenvalue weighted by molar-refractivity contribution is 7.97. The predicted molar refractivity (Wildman–Crippen MR) is 162 cm³/mol. The van der Waals surface area contributed by atoms with Gasteiger partial charge in [0.05, 0.1) is 36.0 Å². The molecule has 9 nitrogen and oxygen atoms in total. The van der Waals surface area contributed by atoms with E-state index in [1.807, 2.05) is 60.7 Å². The third-order valence-corrected chi connectivity index (χ3v) is 6.67. The molecule has 0 radical (unpaired) electrons. The number of ether oxygens (including phenoxy) is 3. The van der Waals surface area contributed by atoms with Gasteiger partial charge in [0, 0.05) is 32.7 Å². The minimum atomic E-state index is -0.837. The minimum Gasteiger partial charge on any atom is -0.454 e. The molecule has 0 saturated carbocycles. The van der Waals surface area contributed by atoms with Crippen molar-refractivity contribution in [2.45, 2.75) is 56.1 Å². The number of para-hydroxylation sites is 1. The number of methoxy groups -OCH3 is 1. The SMILES string of the molecule is CCCCNc1cc(C=O)cc(SNC2OCC(O)CC2O)c1Oc1ccccc1.CO.COCc1ccccc1. The highest BCUT2D eigenvalue weighted by Crippen LogP contribution is 2.39. The van der Waals surface area contributed by atoms with Crippen molar-refractivity contribution in [2.75, 3.05) is 32.7 Å². The standard InChI is InChI=1S/C22H28N2O5S.C8H10O.CH4O/c1-2-3-9-23-18-10-15(13-25)11-20(21(18)29-17-7-5-4-6-8-17)30-24-22-19(27)12-16(26)14-28-22;1-9-7-8-5-3-2-4-6-8;1-2/h4-8,10-11,13,16,19,22-24,26-27H,2-3,9,12,14H2,1H3;2-6H,7H2,1H3;2H,1H3. The Morgan fingerprint density at radius 1 is 1.05 bits per heavy atom. The quantitative estimate of drug-likeness (QED) is 0.112. The van der Waals surface area contributed by atoms with E-state index < -0.39 is 18.4 Å². The van der Waals surface area contributed by atoms with Gasteiger partial charge < -0.3 is 34.8 Å². The first-order valence-electron chi connectivity index (χ1n) is 13.5. The highest BCUT2D eigenvalue weighted by Gasteiger charge is 2.29. The zero-order valence-corrected chi connectivity index (χ0v) is 24.7. The van der Waals surface area contributed by atoms with Gasteiger partial charge in [-0.05, 0) is 48.2 Å². The molecule has 224 valence electrons. The second kappa shape index (κ2) is 20.0. The minimum absolute atomic E-state index is 0.154. The van der Waals surface area contributed by atoms with E-state index in [0.717, 1.165) is 38.5 Å². The number of rotatable bonds is 12. The Morgan fingerprint density at radius 2 is 1.73 bits per heavy atom. The average Bonchev–Trinajstić information content (AvgIpc) is 3.00. The van der Waals surface area contributed by atoms with Crippen molar-refractivity contribution in [3.8, 4) is 11.5 Å². The molecule has 3 atom stereocenters. The van der Waals surface area contributed by atoms with E-state index in [9.17, 15) is 15.0 Å². The van der Waals surface area contributed by atoms with Crippen LogP contribution in [-0.2, 0) is 16.1 Å². The summed E-state index contributed by atoms with van der Waals surface area (Å²) in [5.41, 5.74) is 2.46. The number of hydrogen-bond donors (Lipinski definition) is 5. The molecule has 1 aliphatic rings. The van der Waals surface area contributed by atoms with Gasteiger partial charge in [0.1, 0.15) is 18.3 Å². The lowest BCUT2D eigenvalue weighted by molar-refractivity contribution is -0.125. The largest absolute Gasteiger partial charge is 0.454 e. The Balaban J connectivity index is 0.000000450. The van der Waals surface area contributed by atoms with E-state index in [1.165, 1.54) is 17.5 Å². The van der Waals surface area contributed by atoms with Gasteiger partial charge in [-0.2, -0.15) is 0 Å². The second-order valence-electron chi connectivity index (χ2n) is 9.06. The number of benzene rings is 3. The number of hydrogen-bond acceptors (Lipinski definition) is 10. The maximum atomic E-state index is 11.5. The van der Waals surface area contributed by atoms with Crippen molar-refractivity contribution in [1.82, 2.24) is 4.72 Å². The van der Waals surface area contributed by atoms with Gasteiger partial charge in [-0.25, -0.2) is 4.72 Å². The van der Waals surface area contributed by atoms with Crippen LogP contribution in [0.15, 0.2) is 77.7 Å². The lowest BCUT2D eigenvalue weighted by Gasteiger charge is -2.31. The van der Waals surface area contributed by atoms with Crippen LogP contribution in [0.3, 0.4) is 0 Å². The van der Waals surface area contributed by atoms with Crippen LogP contribution in [-0.4, -0.2) is 67.4 Å². The number of carbonyl (C=O) groups excluding carboxylic acids is 1. The second-order valence-corrected chi connectivity index (χ2v) is 9.94. The fourth-order valence-corrected chi connectivity index (χ4v) is 4.69. The fourth-order valence-electron chi connectivity index (χ4n) is 3.78. The van der Waals surface area contributed by atoms with Crippen molar-refractivity contribution in [2.24, 2.45) is 0 Å². The third kappa shape index (κ3) is 12.2. The van der Waals surface area contributed by atoms with Gasteiger partial charge in [-0.3, -0.25) is 4.79 Å². The Morgan fingerprint density at radius 3 is 2.34 bits per heavy atom. The van der Waals surface area contributed by atoms with Crippen molar-refractivity contribution in [3.63, 3.8) is 0 Å². The fraction of sp³-hybridized carbons (Fsp3) is 0.387. The smallest absolute Gasteiger partial charge is 0.165 e. The van der Waals surface area contributed by atoms with Crippen LogP contribution in [0, 0.1) is 0 Å². The van der Waals surface area contributed by atoms with Crippen LogP contribution >= 0.6 is 11.9 Å². The van der Waals surface area contributed by atoms with E-state index in [2.05, 4.69) is 17.0 Å². The number of unbranched alkanes of at least 4 members (excludes halogenated alkanes) is 1. The first-order valence-corrected chi connectivity index (χ1v) is 14.3. The molecule has 5 N–H and O–H groups in total. The van der Waals surface area contributed by atoms with E-state index in [1.54, 1.807) is 19.2 Å². The molecule has 0 spiro atoms. The number of aldehydes is 1. The molecule has 1 fully saturated rings. The molecule has 3 unspecified atom stereocenters. The Labute approximate surface area is 247 Å². The summed E-state index contributed by atoms with van der Waals surface area (Å²) in [6.45, 7) is 3.73. The van der Waals surface area contributed by atoms with E-state index in [-0.39, 0.29) is 13.0 Å². The molecule has 3 aromatic rings. The Bertz CT molecular complexity index is 1120. The molecule has 1 aliphatic heterocycles. The van der Waals surface area contributed by atoms with Crippen molar-refractivity contribution in [1.29, 1.82) is 0 Å². The molecular weight excluding hydrogens is 544 g/mol. The van der Waals surface area contributed by atoms with Gasteiger partial charge in [0.15, 0.2) is 5.75 Å². The molecular formula is C31H42N2O7S. The Hall–Kier alpha value is -2.96. The number of aliphatic hydroxyl groups is 3. The van der Waals surface area contributed by atoms with Crippen LogP contribution in [0.25, 0.3) is 0 Å². The number of carbonyl (C=O) groups is 1. The Kier molecular flexibility index (Phi) is 16.7. The summed E-state index contributed by atoms with van der Waals surface area (Å²) in [6, 6.07) is 23.0. The molecule has 0 bridgehead atoms. The zero-order chi connectivity index (χ0) is 29.9. The first-order chi connectivity index (χ1) is 20.0. The summed E-state index contributed by atoms with van der Waals surface area (Å²) >= 11 is 1.22. The molecule has 3 aromatic carbocycles. The monoisotopic (exact) mass is 586 g/mol. The molecule has 0 amide bonds. The highest BCUT2D eigenvalue weighted by atomic mass is 32.2. The molecule has 41 heavy (non-hydrogen) atoms. The van der Waals surface area contributed by atoms with Crippen LogP contribution < -0.4 is 14.8 Å². The normalized spacial score (nSPS) is 17.8. The molecule has 10 heteroatoms. The van der Waals surface area contributed by atoms with Crippen LogP contribution in [0.1, 0.15) is 42.1 Å². The zero-order valence-electron chi connectivity index (χ0n) is 23.9. The van der Waals surface area contributed by atoms with E-state index >= 15 is 0 Å². The van der Waals surface area contributed by atoms with Crippen LogP contribution in [0.2, 0.25) is 0 Å². The van der Waals surface area contributed by atoms with Gasteiger partial charge in [-0.15, -0.1) is 0 Å². The lowest BCUT2D eigenvalue weighted by atomic mass is 10.1. The van der Waals surface area contributed by atoms with Gasteiger partial charge >= 0.3 is 0 Å². The topological polar surface area (TPSA) is 130 Å². The maximum absolute atomic E-state index is 11.5. The van der Waals surface area contributed by atoms with Crippen molar-refractivity contribution >= 4 is 23.9 Å². The molecule has 0 aliphatic carbocycles. The summed E-state index contributed by atoms with van der Waals surface area (Å²) in [5, 5.41) is 30.1.